The van der Waals surface area contributed by atoms with Gasteiger partial charge in [0, 0.05) is 4.88 Å². The largest absolute Gasteiger partial charge is 0.390 e. The van der Waals surface area contributed by atoms with Crippen molar-refractivity contribution in [2.45, 2.75) is 49.8 Å². The standard InChI is InChI=1S/C24H26ClFOS/c25-22-20(13-11-16-10-12-17-5-1-2-6-18(17)15-16)21(24(27)23(22)26)9-3-7-19-8-4-14-28-19/h1-2,4-6,8,10,12,14-15,20-24,27H,3,7,9,11,13H2/t20-,21-,22?,23?,24?/m1/s1. The summed E-state index contributed by atoms with van der Waals surface area (Å²) in [6, 6.07) is 19.0. The van der Waals surface area contributed by atoms with E-state index in [0.717, 1.165) is 32.1 Å². The van der Waals surface area contributed by atoms with E-state index in [1.165, 1.54) is 21.2 Å². The van der Waals surface area contributed by atoms with Crippen molar-refractivity contribution in [2.75, 3.05) is 0 Å². The van der Waals surface area contributed by atoms with Gasteiger partial charge in [-0.3, -0.25) is 0 Å². The third-order valence-corrected chi connectivity index (χ3v) is 7.65. The smallest absolute Gasteiger partial charge is 0.143 e. The summed E-state index contributed by atoms with van der Waals surface area (Å²) < 4.78 is 14.5. The summed E-state index contributed by atoms with van der Waals surface area (Å²) in [5.41, 5.74) is 1.25. The molecule has 2 aromatic carbocycles. The van der Waals surface area contributed by atoms with Crippen LogP contribution in [0.4, 0.5) is 4.39 Å². The summed E-state index contributed by atoms with van der Waals surface area (Å²) in [4.78, 5) is 1.35. The van der Waals surface area contributed by atoms with E-state index in [-0.39, 0.29) is 11.8 Å². The van der Waals surface area contributed by atoms with Crippen LogP contribution < -0.4 is 0 Å². The van der Waals surface area contributed by atoms with Crippen LogP contribution in [0.2, 0.25) is 0 Å². The highest BCUT2D eigenvalue weighted by Crippen LogP contribution is 2.43. The maximum Gasteiger partial charge on any atom is 0.143 e. The Hall–Kier alpha value is -1.42. The Labute approximate surface area is 175 Å². The van der Waals surface area contributed by atoms with E-state index in [0.29, 0.717) is 0 Å². The fourth-order valence-corrected chi connectivity index (χ4v) is 5.82. The van der Waals surface area contributed by atoms with Gasteiger partial charge in [-0.2, -0.15) is 0 Å². The number of benzene rings is 2. The highest BCUT2D eigenvalue weighted by molar-refractivity contribution is 7.09. The van der Waals surface area contributed by atoms with E-state index in [1.807, 2.05) is 12.1 Å². The van der Waals surface area contributed by atoms with E-state index in [9.17, 15) is 9.50 Å². The van der Waals surface area contributed by atoms with Gasteiger partial charge >= 0.3 is 0 Å². The Bertz CT molecular complexity index is 897. The van der Waals surface area contributed by atoms with Gasteiger partial charge in [-0.15, -0.1) is 22.9 Å². The molecule has 1 heterocycles. The van der Waals surface area contributed by atoms with E-state index in [2.05, 4.69) is 47.8 Å². The van der Waals surface area contributed by atoms with Gasteiger partial charge in [0.15, 0.2) is 0 Å². The van der Waals surface area contributed by atoms with Crippen molar-refractivity contribution in [2.24, 2.45) is 11.8 Å². The number of fused-ring (bicyclic) bond motifs is 1. The number of hydrogen-bond donors (Lipinski definition) is 1. The van der Waals surface area contributed by atoms with Crippen LogP contribution in [0.15, 0.2) is 60.0 Å². The molecule has 0 aliphatic heterocycles. The van der Waals surface area contributed by atoms with Gasteiger partial charge in [0.25, 0.3) is 0 Å². The number of aryl methyl sites for hydroxylation is 2. The van der Waals surface area contributed by atoms with Crippen LogP contribution in [-0.2, 0) is 12.8 Å². The Morgan fingerprint density at radius 2 is 1.75 bits per heavy atom. The van der Waals surface area contributed by atoms with Gasteiger partial charge in [-0.1, -0.05) is 48.5 Å². The minimum atomic E-state index is -1.32. The van der Waals surface area contributed by atoms with Crippen LogP contribution >= 0.6 is 22.9 Å². The molecule has 0 amide bonds. The first-order valence-corrected chi connectivity index (χ1v) is 11.4. The van der Waals surface area contributed by atoms with Gasteiger partial charge in [0.2, 0.25) is 0 Å². The van der Waals surface area contributed by atoms with E-state index in [1.54, 1.807) is 11.3 Å². The molecule has 1 nitrogen and oxygen atoms in total. The van der Waals surface area contributed by atoms with E-state index in [4.69, 9.17) is 11.6 Å². The Morgan fingerprint density at radius 1 is 0.929 bits per heavy atom. The third-order valence-electron chi connectivity index (χ3n) is 6.15. The molecule has 1 aliphatic rings. The zero-order chi connectivity index (χ0) is 19.5. The number of aliphatic hydroxyl groups is 1. The molecule has 148 valence electrons. The molecule has 4 rings (SSSR count). The van der Waals surface area contributed by atoms with Gasteiger partial charge in [-0.25, -0.2) is 4.39 Å². The quantitative estimate of drug-likeness (QED) is 0.441. The molecule has 0 bridgehead atoms. The lowest BCUT2D eigenvalue weighted by atomic mass is 9.85. The number of rotatable bonds is 7. The zero-order valence-corrected chi connectivity index (χ0v) is 17.4. The maximum atomic E-state index is 14.5. The summed E-state index contributed by atoms with van der Waals surface area (Å²) in [5, 5.41) is 14.4. The summed E-state index contributed by atoms with van der Waals surface area (Å²) in [6.07, 6.45) is 2.19. The normalized spacial score (nSPS) is 27.5. The first-order chi connectivity index (χ1) is 13.6. The SMILES string of the molecule is OC1C(F)C(Cl)[C@H](CCc2ccc3ccccc3c2)[C@H]1CCCc1cccs1. The summed E-state index contributed by atoms with van der Waals surface area (Å²) in [7, 11) is 0. The number of halogens is 2. The molecule has 1 aromatic heterocycles. The minimum absolute atomic E-state index is 0.0153. The molecule has 3 unspecified atom stereocenters. The molecular weight excluding hydrogens is 391 g/mol. The van der Waals surface area contributed by atoms with Gasteiger partial charge in [-0.05, 0) is 71.7 Å². The second-order valence-electron chi connectivity index (χ2n) is 7.90. The number of aliphatic hydroxyl groups excluding tert-OH is 1. The average Bonchev–Trinajstić information content (AvgIpc) is 3.30. The van der Waals surface area contributed by atoms with Crippen molar-refractivity contribution in [1.82, 2.24) is 0 Å². The molecule has 28 heavy (non-hydrogen) atoms. The Balaban J connectivity index is 1.40. The highest BCUT2D eigenvalue weighted by atomic mass is 35.5. The zero-order valence-electron chi connectivity index (χ0n) is 15.8. The molecule has 0 radical (unpaired) electrons. The van der Waals surface area contributed by atoms with Crippen molar-refractivity contribution in [3.05, 3.63) is 70.4 Å². The third kappa shape index (κ3) is 4.27. The number of thiophene rings is 1. The highest BCUT2D eigenvalue weighted by Gasteiger charge is 2.48. The maximum absolute atomic E-state index is 14.5. The van der Waals surface area contributed by atoms with Crippen LogP contribution in [0.3, 0.4) is 0 Å². The molecule has 1 N–H and O–H groups in total. The van der Waals surface area contributed by atoms with Crippen LogP contribution in [0, 0.1) is 11.8 Å². The Kier molecular flexibility index (Phi) is 6.35. The second-order valence-corrected chi connectivity index (χ2v) is 9.44. The van der Waals surface area contributed by atoms with E-state index < -0.39 is 17.7 Å². The molecule has 1 saturated carbocycles. The lowest BCUT2D eigenvalue weighted by molar-refractivity contribution is 0.0596. The summed E-state index contributed by atoms with van der Waals surface area (Å²) >= 11 is 8.18. The van der Waals surface area contributed by atoms with Gasteiger partial charge in [0.1, 0.15) is 6.17 Å². The van der Waals surface area contributed by atoms with Crippen LogP contribution in [-0.4, -0.2) is 22.8 Å². The first-order valence-electron chi connectivity index (χ1n) is 10.1. The summed E-state index contributed by atoms with van der Waals surface area (Å²) in [6.45, 7) is 0. The molecule has 3 aromatic rings. The molecule has 0 spiro atoms. The molecule has 4 heteroatoms. The van der Waals surface area contributed by atoms with Crippen molar-refractivity contribution in [3.63, 3.8) is 0 Å². The van der Waals surface area contributed by atoms with Crippen molar-refractivity contribution in [3.8, 4) is 0 Å². The Morgan fingerprint density at radius 3 is 2.54 bits per heavy atom. The predicted molar refractivity (Wildman–Crippen MR) is 117 cm³/mol. The van der Waals surface area contributed by atoms with Crippen molar-refractivity contribution >= 4 is 33.7 Å². The monoisotopic (exact) mass is 416 g/mol. The van der Waals surface area contributed by atoms with Crippen LogP contribution in [0.25, 0.3) is 10.8 Å². The number of alkyl halides is 2. The van der Waals surface area contributed by atoms with Crippen molar-refractivity contribution < 1.29 is 9.50 Å². The molecule has 5 atom stereocenters. The number of hydrogen-bond acceptors (Lipinski definition) is 2. The second kappa shape index (κ2) is 8.94. The fraction of sp³-hybridized carbons (Fsp3) is 0.417. The van der Waals surface area contributed by atoms with Crippen LogP contribution in [0.5, 0.6) is 0 Å². The predicted octanol–water partition coefficient (Wildman–Crippen LogP) is 6.41. The van der Waals surface area contributed by atoms with E-state index >= 15 is 0 Å². The molecule has 1 aliphatic carbocycles. The lowest BCUT2D eigenvalue weighted by Crippen LogP contribution is -2.24. The van der Waals surface area contributed by atoms with Gasteiger partial charge in [0.05, 0.1) is 11.5 Å². The lowest BCUT2D eigenvalue weighted by Gasteiger charge is -2.23. The first kappa shape index (κ1) is 19.9. The summed E-state index contributed by atoms with van der Waals surface area (Å²) in [5.74, 6) is -0.0422. The molecule has 1 fully saturated rings. The molecular formula is C24H26ClFOS. The van der Waals surface area contributed by atoms with Crippen molar-refractivity contribution in [1.29, 1.82) is 0 Å². The van der Waals surface area contributed by atoms with Gasteiger partial charge < -0.3 is 5.11 Å². The topological polar surface area (TPSA) is 20.2 Å². The average molecular weight is 417 g/mol. The minimum Gasteiger partial charge on any atom is -0.390 e. The van der Waals surface area contributed by atoms with Crippen LogP contribution in [0.1, 0.15) is 29.7 Å². The fourth-order valence-electron chi connectivity index (χ4n) is 4.60. The molecule has 0 saturated heterocycles.